The first-order valence-electron chi connectivity index (χ1n) is 3.53. The molecule has 0 unspecified atom stereocenters. The van der Waals surface area contributed by atoms with Crippen LogP contribution in [-0.2, 0) is 0 Å². The second-order valence-electron chi connectivity index (χ2n) is 2.51. The van der Waals surface area contributed by atoms with Gasteiger partial charge in [0.1, 0.15) is 0 Å². The van der Waals surface area contributed by atoms with Crippen LogP contribution in [-0.4, -0.2) is 52.5 Å². The van der Waals surface area contributed by atoms with Crippen LogP contribution >= 0.6 is 11.6 Å². The fourth-order valence-electron chi connectivity index (χ4n) is 1.07. The van der Waals surface area contributed by atoms with Gasteiger partial charge in [-0.1, -0.05) is 0 Å². The summed E-state index contributed by atoms with van der Waals surface area (Å²) in [7, 11) is 0. The first kappa shape index (κ1) is 25.3. The number of nitrogens with zero attached hydrogens (tertiary/aromatic N) is 2. The number of piperazine rings is 1. The van der Waals surface area contributed by atoms with Crippen molar-refractivity contribution in [2.75, 3.05) is 26.2 Å². The fraction of sp³-hybridized carbons (Fsp3) is 0.444. The molecule has 0 atom stereocenters. The molecule has 0 bridgehead atoms. The minimum absolute atomic E-state index is 0. The van der Waals surface area contributed by atoms with E-state index in [4.69, 9.17) is 16.7 Å². The van der Waals surface area contributed by atoms with E-state index >= 15 is 0 Å². The summed E-state index contributed by atoms with van der Waals surface area (Å²) in [5.74, 6) is 0. The molecule has 1 radical (unpaired) electrons. The van der Waals surface area contributed by atoms with Gasteiger partial charge in [0, 0.05) is 26.2 Å². The van der Waals surface area contributed by atoms with Crippen molar-refractivity contribution in [2.45, 2.75) is 0 Å². The van der Waals surface area contributed by atoms with Crippen molar-refractivity contribution in [3.8, 4) is 0 Å². The summed E-state index contributed by atoms with van der Waals surface area (Å²) in [6.07, 6.45) is -0.948. The third kappa shape index (κ3) is 7.64. The average molecular weight is 378 g/mol. The third-order valence-electron chi connectivity index (χ3n) is 1.80. The minimum atomic E-state index is -0.948. The molecule has 1 fully saturated rings. The molecule has 1 N–H and O–H groups in total. The van der Waals surface area contributed by atoms with Crippen LogP contribution in [0.1, 0.15) is 0 Å². The van der Waals surface area contributed by atoms with E-state index in [2.05, 4.69) is 0 Å². The molecule has 7 heteroatoms. The van der Waals surface area contributed by atoms with Gasteiger partial charge in [0.05, 0.1) is 0 Å². The Kier molecular flexibility index (Phi) is 18.8. The van der Waals surface area contributed by atoms with Crippen LogP contribution < -0.4 is 0 Å². The molecule has 93 valence electrons. The third-order valence-corrected chi connectivity index (χ3v) is 2.04. The molecule has 0 aromatic rings. The van der Waals surface area contributed by atoms with Crippen molar-refractivity contribution in [3.63, 3.8) is 0 Å². The zero-order chi connectivity index (χ0) is 9.14. The van der Waals surface area contributed by atoms with Gasteiger partial charge in [-0.15, -0.1) is 0 Å². The molecule has 0 aromatic heterocycles. The molecular weight excluding hydrogens is 360 g/mol. The van der Waals surface area contributed by atoms with Gasteiger partial charge in [-0.05, 0) is 11.6 Å². The number of hydrogen-bond acceptors (Lipinski definition) is 2. The van der Waals surface area contributed by atoms with E-state index in [0.717, 1.165) is 0 Å². The molecule has 2 amide bonds. The van der Waals surface area contributed by atoms with Crippen LogP contribution in [0.15, 0.2) is 0 Å². The van der Waals surface area contributed by atoms with E-state index in [1.165, 1.54) is 9.80 Å². The van der Waals surface area contributed by atoms with Gasteiger partial charge in [0.2, 0.25) is 0 Å². The summed E-state index contributed by atoms with van der Waals surface area (Å²) in [4.78, 5) is 23.7. The number of carbonyl (C=O) groups excluding carboxylic acids is 1. The van der Waals surface area contributed by atoms with Crippen LogP contribution in [0.2, 0.25) is 0 Å². The zero-order valence-electron chi connectivity index (χ0n) is 9.86. The normalized spacial score (nSPS) is 13.3. The molecule has 0 aliphatic carbocycles. The maximum Gasteiger partial charge on any atom is 3.00 e. The van der Waals surface area contributed by atoms with Gasteiger partial charge in [-0.2, -0.15) is 0 Å². The number of rotatable bonds is 0. The molecular formula is C9H18CeClN2O3. The monoisotopic (exact) mass is 377 g/mol. The van der Waals surface area contributed by atoms with E-state index in [0.29, 0.717) is 26.2 Å². The van der Waals surface area contributed by atoms with Gasteiger partial charge in [-0.3, -0.25) is 4.79 Å². The van der Waals surface area contributed by atoms with Gasteiger partial charge in [0.25, 0.3) is 0 Å². The molecule has 1 aliphatic heterocycles. The van der Waals surface area contributed by atoms with Crippen LogP contribution in [0.5, 0.6) is 0 Å². The average Bonchev–Trinajstić information content (AvgIpc) is 2.04. The molecule has 0 saturated carbocycles. The Morgan fingerprint density at radius 1 is 0.938 bits per heavy atom. The maximum absolute atomic E-state index is 10.6. The molecule has 1 saturated heterocycles. The second-order valence-corrected chi connectivity index (χ2v) is 2.83. The Balaban J connectivity index is -0.000000180. The first-order chi connectivity index (χ1) is 5.61. The van der Waals surface area contributed by atoms with Crippen molar-refractivity contribution >= 4 is 23.1 Å². The summed E-state index contributed by atoms with van der Waals surface area (Å²) >= 11 is 5.20. The summed E-state index contributed by atoms with van der Waals surface area (Å²) < 4.78 is 0. The van der Waals surface area contributed by atoms with Crippen molar-refractivity contribution in [2.24, 2.45) is 0 Å². The van der Waals surface area contributed by atoms with Gasteiger partial charge < -0.3 is 37.2 Å². The number of halogens is 1. The smallest absolute Gasteiger partial charge is 0.465 e. The van der Waals surface area contributed by atoms with E-state index in [9.17, 15) is 9.59 Å². The van der Waals surface area contributed by atoms with Gasteiger partial charge >= 0.3 is 53.2 Å². The Bertz CT molecular complexity index is 187. The summed E-state index contributed by atoms with van der Waals surface area (Å²) in [5, 5.41) is 8.04. The Morgan fingerprint density at radius 3 is 1.50 bits per heavy atom. The molecule has 0 aromatic carbocycles. The number of carboxylic acid groups (broad SMARTS) is 1. The SMILES string of the molecule is O=C(O)N1CCN(C(=O)Cl)CC1.[CH3-].[CH3-].[CH3-].[Ce+3]. The number of hydrogen-bond donors (Lipinski definition) is 1. The van der Waals surface area contributed by atoms with Gasteiger partial charge in [0.15, 0.2) is 0 Å². The molecule has 0 spiro atoms. The molecule has 1 rings (SSSR count). The predicted octanol–water partition coefficient (Wildman–Crippen LogP) is 1.99. The van der Waals surface area contributed by atoms with Crippen molar-refractivity contribution < 1.29 is 56.4 Å². The zero-order valence-corrected chi connectivity index (χ0v) is 13.8. The van der Waals surface area contributed by atoms with Crippen LogP contribution in [0.3, 0.4) is 0 Å². The Hall–Kier alpha value is 0.407. The standard InChI is InChI=1S/C6H9ClN2O3.3CH3.Ce/c7-5(10)8-1-3-9(4-2-8)6(11)12;;;;/h1-4H2,(H,11,12);3*1H3;/q;3*-1;+3. The summed E-state index contributed by atoms with van der Waals surface area (Å²) in [6, 6.07) is 0. The fourth-order valence-corrected chi connectivity index (χ4v) is 1.24. The Morgan fingerprint density at radius 2 is 1.25 bits per heavy atom. The van der Waals surface area contributed by atoms with Crippen LogP contribution in [0.4, 0.5) is 9.59 Å². The van der Waals surface area contributed by atoms with E-state index in [-0.39, 0.29) is 64.0 Å². The topological polar surface area (TPSA) is 60.9 Å². The molecule has 1 heterocycles. The largest absolute Gasteiger partial charge is 3.00 e. The maximum atomic E-state index is 10.6. The van der Waals surface area contributed by atoms with E-state index in [1.54, 1.807) is 0 Å². The van der Waals surface area contributed by atoms with Crippen LogP contribution in [0, 0.1) is 64.0 Å². The van der Waals surface area contributed by atoms with Gasteiger partial charge in [-0.25, -0.2) is 4.79 Å². The van der Waals surface area contributed by atoms with E-state index < -0.39 is 11.5 Å². The predicted molar refractivity (Wildman–Crippen MR) is 61.7 cm³/mol. The molecule has 16 heavy (non-hydrogen) atoms. The summed E-state index contributed by atoms with van der Waals surface area (Å²) in [6.45, 7) is 1.45. The summed E-state index contributed by atoms with van der Waals surface area (Å²) in [5.41, 5.74) is 0. The molecule has 5 nitrogen and oxygen atoms in total. The van der Waals surface area contributed by atoms with Crippen molar-refractivity contribution in [3.05, 3.63) is 22.3 Å². The van der Waals surface area contributed by atoms with Crippen molar-refractivity contribution in [1.29, 1.82) is 0 Å². The second kappa shape index (κ2) is 11.9. The van der Waals surface area contributed by atoms with E-state index in [1.807, 2.05) is 0 Å². The minimum Gasteiger partial charge on any atom is -0.465 e. The Labute approximate surface area is 136 Å². The van der Waals surface area contributed by atoms with Crippen LogP contribution in [0.25, 0.3) is 0 Å². The molecule has 1 aliphatic rings. The number of amides is 2. The number of carbonyl (C=O) groups is 2. The first-order valence-corrected chi connectivity index (χ1v) is 3.91. The van der Waals surface area contributed by atoms with Crippen molar-refractivity contribution in [1.82, 2.24) is 9.80 Å². The quantitative estimate of drug-likeness (QED) is 0.399.